The van der Waals surface area contributed by atoms with E-state index >= 15 is 0 Å². The SMILES string of the molecule is Cc1ccc(OC(=O)Nc2ccc(N3CCCOCC3)nc2)cc1-c1ccc(N(C)C)cc1. The lowest BCUT2D eigenvalue weighted by Gasteiger charge is -2.20. The van der Waals surface area contributed by atoms with Crippen molar-refractivity contribution in [1.82, 2.24) is 4.98 Å². The molecule has 1 amide bonds. The molecule has 33 heavy (non-hydrogen) atoms. The normalized spacial score (nSPS) is 13.8. The second-order valence-corrected chi connectivity index (χ2v) is 8.29. The van der Waals surface area contributed by atoms with Gasteiger partial charge in [-0.1, -0.05) is 18.2 Å². The van der Waals surface area contributed by atoms with Crippen molar-refractivity contribution in [3.8, 4) is 16.9 Å². The number of aryl methyl sites for hydroxylation is 1. The van der Waals surface area contributed by atoms with Gasteiger partial charge in [-0.25, -0.2) is 9.78 Å². The fourth-order valence-corrected chi connectivity index (χ4v) is 3.79. The fourth-order valence-electron chi connectivity index (χ4n) is 3.79. The Bertz CT molecular complexity index is 1070. The van der Waals surface area contributed by atoms with Gasteiger partial charge < -0.3 is 19.3 Å². The van der Waals surface area contributed by atoms with E-state index in [9.17, 15) is 4.79 Å². The molecule has 172 valence electrons. The number of carbonyl (C=O) groups excluding carboxylic acids is 1. The van der Waals surface area contributed by atoms with Crippen LogP contribution >= 0.6 is 0 Å². The Morgan fingerprint density at radius 3 is 2.61 bits per heavy atom. The highest BCUT2D eigenvalue weighted by Crippen LogP contribution is 2.29. The van der Waals surface area contributed by atoms with Gasteiger partial charge in [0, 0.05) is 39.5 Å². The molecule has 0 aliphatic carbocycles. The Labute approximate surface area is 195 Å². The van der Waals surface area contributed by atoms with Gasteiger partial charge in [-0.3, -0.25) is 5.32 Å². The Balaban J connectivity index is 1.40. The van der Waals surface area contributed by atoms with Crippen molar-refractivity contribution < 1.29 is 14.3 Å². The van der Waals surface area contributed by atoms with Crippen LogP contribution in [0.5, 0.6) is 5.75 Å². The molecule has 0 bridgehead atoms. The van der Waals surface area contributed by atoms with Crippen LogP contribution in [-0.4, -0.2) is 51.5 Å². The smallest absolute Gasteiger partial charge is 0.410 e. The highest BCUT2D eigenvalue weighted by molar-refractivity contribution is 5.86. The summed E-state index contributed by atoms with van der Waals surface area (Å²) >= 11 is 0. The van der Waals surface area contributed by atoms with E-state index in [1.165, 1.54) is 0 Å². The maximum Gasteiger partial charge on any atom is 0.417 e. The molecule has 0 saturated carbocycles. The minimum Gasteiger partial charge on any atom is -0.410 e. The van der Waals surface area contributed by atoms with Crippen molar-refractivity contribution in [2.24, 2.45) is 0 Å². The summed E-state index contributed by atoms with van der Waals surface area (Å²) in [4.78, 5) is 21.2. The van der Waals surface area contributed by atoms with Crippen molar-refractivity contribution in [1.29, 1.82) is 0 Å². The highest BCUT2D eigenvalue weighted by Gasteiger charge is 2.13. The second kappa shape index (κ2) is 10.4. The van der Waals surface area contributed by atoms with Crippen LogP contribution in [0.1, 0.15) is 12.0 Å². The Kier molecular flexibility index (Phi) is 7.10. The number of rotatable bonds is 5. The Morgan fingerprint density at radius 1 is 1.06 bits per heavy atom. The molecule has 7 heteroatoms. The van der Waals surface area contributed by atoms with Crippen LogP contribution in [-0.2, 0) is 4.74 Å². The topological polar surface area (TPSA) is 66.9 Å². The van der Waals surface area contributed by atoms with Gasteiger partial charge in [0.2, 0.25) is 0 Å². The number of hydrogen-bond acceptors (Lipinski definition) is 6. The molecule has 0 unspecified atom stereocenters. The molecule has 1 fully saturated rings. The number of benzene rings is 2. The number of nitrogens with zero attached hydrogens (tertiary/aromatic N) is 3. The summed E-state index contributed by atoms with van der Waals surface area (Å²) in [5.41, 5.74) is 4.92. The third-order valence-corrected chi connectivity index (χ3v) is 5.65. The van der Waals surface area contributed by atoms with Gasteiger partial charge in [0.25, 0.3) is 0 Å². The van der Waals surface area contributed by atoms with Crippen LogP contribution in [0.2, 0.25) is 0 Å². The first-order valence-corrected chi connectivity index (χ1v) is 11.2. The number of pyridine rings is 1. The largest absolute Gasteiger partial charge is 0.417 e. The monoisotopic (exact) mass is 446 g/mol. The molecule has 1 aliphatic heterocycles. The van der Waals surface area contributed by atoms with Gasteiger partial charge in [0.05, 0.1) is 18.5 Å². The average molecular weight is 447 g/mol. The first-order chi connectivity index (χ1) is 16.0. The second-order valence-electron chi connectivity index (χ2n) is 8.29. The van der Waals surface area contributed by atoms with Gasteiger partial charge in [-0.15, -0.1) is 0 Å². The summed E-state index contributed by atoms with van der Waals surface area (Å²) in [5.74, 6) is 1.36. The molecule has 7 nitrogen and oxygen atoms in total. The predicted molar refractivity (Wildman–Crippen MR) is 132 cm³/mol. The quantitative estimate of drug-likeness (QED) is 0.598. The molecule has 2 aromatic carbocycles. The summed E-state index contributed by atoms with van der Waals surface area (Å²) in [6.07, 6.45) is 2.08. The molecule has 2 heterocycles. The summed E-state index contributed by atoms with van der Waals surface area (Å²) in [7, 11) is 4.03. The van der Waals surface area contributed by atoms with E-state index in [0.29, 0.717) is 18.0 Å². The maximum atomic E-state index is 12.5. The number of hydrogen-bond donors (Lipinski definition) is 1. The molecule has 0 spiro atoms. The molecule has 0 radical (unpaired) electrons. The van der Waals surface area contributed by atoms with E-state index in [2.05, 4.69) is 44.4 Å². The zero-order valence-corrected chi connectivity index (χ0v) is 19.4. The van der Waals surface area contributed by atoms with Crippen LogP contribution in [0.15, 0.2) is 60.8 Å². The number of ether oxygens (including phenoxy) is 2. The summed E-state index contributed by atoms with van der Waals surface area (Å²) in [6, 6.07) is 17.7. The van der Waals surface area contributed by atoms with Crippen molar-refractivity contribution in [3.63, 3.8) is 0 Å². The van der Waals surface area contributed by atoms with Crippen LogP contribution < -0.4 is 19.9 Å². The predicted octanol–water partition coefficient (Wildman–Crippen LogP) is 4.96. The van der Waals surface area contributed by atoms with Crippen LogP contribution in [0.25, 0.3) is 11.1 Å². The summed E-state index contributed by atoms with van der Waals surface area (Å²) in [5, 5.41) is 2.75. The molecule has 1 saturated heterocycles. The Hall–Kier alpha value is -3.58. The van der Waals surface area contributed by atoms with E-state index in [4.69, 9.17) is 9.47 Å². The minimum atomic E-state index is -0.550. The molecular weight excluding hydrogens is 416 g/mol. The molecule has 1 aliphatic rings. The minimum absolute atomic E-state index is 0.485. The zero-order valence-electron chi connectivity index (χ0n) is 19.4. The highest BCUT2D eigenvalue weighted by atomic mass is 16.6. The molecule has 1 aromatic heterocycles. The number of anilines is 3. The van der Waals surface area contributed by atoms with Crippen molar-refractivity contribution in [2.75, 3.05) is 55.5 Å². The number of carbonyl (C=O) groups is 1. The van der Waals surface area contributed by atoms with Gasteiger partial charge in [-0.2, -0.15) is 0 Å². The van der Waals surface area contributed by atoms with Crippen LogP contribution in [0.4, 0.5) is 22.0 Å². The van der Waals surface area contributed by atoms with E-state index in [0.717, 1.165) is 54.3 Å². The van der Waals surface area contributed by atoms with Gasteiger partial charge in [-0.05, 0) is 66.4 Å². The lowest BCUT2D eigenvalue weighted by molar-refractivity contribution is 0.152. The lowest BCUT2D eigenvalue weighted by atomic mass is 10.00. The average Bonchev–Trinajstić information content (AvgIpc) is 3.10. The van der Waals surface area contributed by atoms with E-state index in [1.807, 2.05) is 45.3 Å². The third-order valence-electron chi connectivity index (χ3n) is 5.65. The molecule has 3 aromatic rings. The first kappa shape index (κ1) is 22.6. The zero-order chi connectivity index (χ0) is 23.2. The van der Waals surface area contributed by atoms with Crippen molar-refractivity contribution >= 4 is 23.3 Å². The molecule has 4 rings (SSSR count). The lowest BCUT2D eigenvalue weighted by Crippen LogP contribution is -2.26. The van der Waals surface area contributed by atoms with Crippen molar-refractivity contribution in [2.45, 2.75) is 13.3 Å². The number of nitrogens with one attached hydrogen (secondary N) is 1. The van der Waals surface area contributed by atoms with Crippen LogP contribution in [0, 0.1) is 6.92 Å². The summed E-state index contributed by atoms with van der Waals surface area (Å²) < 4.78 is 11.0. The van der Waals surface area contributed by atoms with Gasteiger partial charge in [0.15, 0.2) is 0 Å². The van der Waals surface area contributed by atoms with Gasteiger partial charge >= 0.3 is 6.09 Å². The van der Waals surface area contributed by atoms with E-state index in [-0.39, 0.29) is 0 Å². The number of amides is 1. The van der Waals surface area contributed by atoms with Gasteiger partial charge in [0.1, 0.15) is 11.6 Å². The maximum absolute atomic E-state index is 12.5. The van der Waals surface area contributed by atoms with Crippen LogP contribution in [0.3, 0.4) is 0 Å². The fraction of sp³-hybridized carbons (Fsp3) is 0.308. The standard InChI is InChI=1S/C26H30N4O3/c1-19-5-11-23(17-24(19)20-6-9-22(10-7-20)29(2)3)33-26(31)28-21-8-12-25(27-18-21)30-13-4-15-32-16-14-30/h5-12,17-18H,4,13-16H2,1-3H3,(H,28,31). The number of aromatic nitrogens is 1. The third kappa shape index (κ3) is 5.81. The van der Waals surface area contributed by atoms with E-state index in [1.54, 1.807) is 12.3 Å². The first-order valence-electron chi connectivity index (χ1n) is 11.2. The Morgan fingerprint density at radius 2 is 1.88 bits per heavy atom. The summed E-state index contributed by atoms with van der Waals surface area (Å²) in [6.45, 7) is 5.25. The van der Waals surface area contributed by atoms with E-state index < -0.39 is 6.09 Å². The van der Waals surface area contributed by atoms with Crippen molar-refractivity contribution in [3.05, 3.63) is 66.4 Å². The molecular formula is C26H30N4O3. The molecule has 1 N–H and O–H groups in total. The molecule has 0 atom stereocenters.